The van der Waals surface area contributed by atoms with E-state index in [1.807, 2.05) is 48.5 Å². The molecule has 0 spiro atoms. The van der Waals surface area contributed by atoms with E-state index < -0.39 is 12.0 Å². The van der Waals surface area contributed by atoms with Crippen molar-refractivity contribution in [2.24, 2.45) is 0 Å². The number of aliphatic carboxylic acids is 1. The van der Waals surface area contributed by atoms with E-state index in [4.69, 9.17) is 0 Å². The Balaban J connectivity index is 1.59. The molecular formula is C21H21BrN2O3. The van der Waals surface area contributed by atoms with Gasteiger partial charge in [-0.1, -0.05) is 46.3 Å². The summed E-state index contributed by atoms with van der Waals surface area (Å²) in [6, 6.07) is 14.8. The van der Waals surface area contributed by atoms with Crippen LogP contribution in [0, 0.1) is 0 Å². The van der Waals surface area contributed by atoms with Crippen molar-refractivity contribution in [1.29, 1.82) is 0 Å². The van der Waals surface area contributed by atoms with Crippen LogP contribution in [0.3, 0.4) is 0 Å². The SMILES string of the molecule is O=C(CCCc1ccccc1)N[C@@H](Cc1c[nH]c2ccc(Br)cc12)C(=O)O. The lowest BCUT2D eigenvalue weighted by Crippen LogP contribution is -2.42. The molecule has 0 saturated carbocycles. The predicted octanol–water partition coefficient (Wildman–Crippen LogP) is 4.07. The van der Waals surface area contributed by atoms with Gasteiger partial charge < -0.3 is 15.4 Å². The number of aryl methyl sites for hydroxylation is 1. The van der Waals surface area contributed by atoms with Crippen LogP contribution in [0.1, 0.15) is 24.0 Å². The van der Waals surface area contributed by atoms with E-state index in [2.05, 4.69) is 26.2 Å². The fraction of sp³-hybridized carbons (Fsp3) is 0.238. The standard InChI is InChI=1S/C21H21BrN2O3/c22-16-9-10-18-17(12-16)15(13-23-18)11-19(21(26)27)24-20(25)8-4-7-14-5-2-1-3-6-14/h1-3,5-6,9-10,12-13,19,23H,4,7-8,11H2,(H,24,25)(H,26,27)/t19-/m0/s1. The molecule has 3 aromatic rings. The van der Waals surface area contributed by atoms with E-state index in [-0.39, 0.29) is 12.3 Å². The fourth-order valence-electron chi connectivity index (χ4n) is 3.10. The third-order valence-electron chi connectivity index (χ3n) is 4.50. The summed E-state index contributed by atoms with van der Waals surface area (Å²) >= 11 is 3.43. The second kappa shape index (κ2) is 8.86. The maximum atomic E-state index is 12.2. The molecule has 140 valence electrons. The van der Waals surface area contributed by atoms with Gasteiger partial charge in [-0.05, 0) is 42.2 Å². The minimum Gasteiger partial charge on any atom is -0.480 e. The number of hydrogen-bond donors (Lipinski definition) is 3. The van der Waals surface area contributed by atoms with Gasteiger partial charge in [0, 0.05) is 34.4 Å². The number of fused-ring (bicyclic) bond motifs is 1. The van der Waals surface area contributed by atoms with Gasteiger partial charge in [-0.25, -0.2) is 4.79 Å². The summed E-state index contributed by atoms with van der Waals surface area (Å²) in [7, 11) is 0. The van der Waals surface area contributed by atoms with Crippen molar-refractivity contribution in [1.82, 2.24) is 10.3 Å². The van der Waals surface area contributed by atoms with E-state index in [1.54, 1.807) is 6.20 Å². The number of carboxylic acids is 1. The highest BCUT2D eigenvalue weighted by Crippen LogP contribution is 2.23. The lowest BCUT2D eigenvalue weighted by molar-refractivity contribution is -0.141. The molecule has 0 aliphatic carbocycles. The third kappa shape index (κ3) is 5.20. The van der Waals surface area contributed by atoms with Crippen molar-refractivity contribution >= 4 is 38.7 Å². The summed E-state index contributed by atoms with van der Waals surface area (Å²) in [6.45, 7) is 0. The normalized spacial score (nSPS) is 12.0. The van der Waals surface area contributed by atoms with Crippen LogP contribution < -0.4 is 5.32 Å². The molecule has 0 fully saturated rings. The molecule has 0 saturated heterocycles. The Labute approximate surface area is 165 Å². The molecule has 0 radical (unpaired) electrons. The number of carbonyl (C=O) groups is 2. The first-order valence-corrected chi connectivity index (χ1v) is 9.64. The lowest BCUT2D eigenvalue weighted by Gasteiger charge is -2.14. The average molecular weight is 429 g/mol. The quantitative estimate of drug-likeness (QED) is 0.505. The number of hydrogen-bond acceptors (Lipinski definition) is 2. The molecule has 3 N–H and O–H groups in total. The van der Waals surface area contributed by atoms with Crippen molar-refractivity contribution in [3.8, 4) is 0 Å². The van der Waals surface area contributed by atoms with Crippen molar-refractivity contribution in [3.05, 3.63) is 70.3 Å². The van der Waals surface area contributed by atoms with Crippen LogP contribution >= 0.6 is 15.9 Å². The van der Waals surface area contributed by atoms with Crippen LogP contribution in [0.15, 0.2) is 59.2 Å². The molecule has 0 unspecified atom stereocenters. The van der Waals surface area contributed by atoms with Crippen molar-refractivity contribution in [2.75, 3.05) is 0 Å². The third-order valence-corrected chi connectivity index (χ3v) is 4.99. The Bertz CT molecular complexity index is 937. The van der Waals surface area contributed by atoms with Gasteiger partial charge >= 0.3 is 5.97 Å². The number of amides is 1. The molecule has 1 heterocycles. The van der Waals surface area contributed by atoms with Crippen molar-refractivity contribution in [2.45, 2.75) is 31.7 Å². The van der Waals surface area contributed by atoms with Crippen LogP contribution in [0.5, 0.6) is 0 Å². The van der Waals surface area contributed by atoms with Crippen LogP contribution in [0.2, 0.25) is 0 Å². The number of nitrogens with one attached hydrogen (secondary N) is 2. The zero-order valence-electron chi connectivity index (χ0n) is 14.7. The molecular weight excluding hydrogens is 408 g/mol. The van der Waals surface area contributed by atoms with Gasteiger partial charge in [-0.15, -0.1) is 0 Å². The summed E-state index contributed by atoms with van der Waals surface area (Å²) < 4.78 is 0.924. The van der Waals surface area contributed by atoms with Gasteiger partial charge in [0.2, 0.25) is 5.91 Å². The van der Waals surface area contributed by atoms with Crippen LogP contribution in [-0.4, -0.2) is 28.0 Å². The number of rotatable bonds is 8. The fourth-order valence-corrected chi connectivity index (χ4v) is 3.46. The number of halogens is 1. The van der Waals surface area contributed by atoms with E-state index >= 15 is 0 Å². The zero-order chi connectivity index (χ0) is 19.2. The van der Waals surface area contributed by atoms with E-state index in [0.29, 0.717) is 12.8 Å². The summed E-state index contributed by atoms with van der Waals surface area (Å²) in [6.07, 6.45) is 3.81. The van der Waals surface area contributed by atoms with E-state index in [0.717, 1.165) is 27.4 Å². The number of aromatic nitrogens is 1. The van der Waals surface area contributed by atoms with E-state index in [1.165, 1.54) is 5.56 Å². The van der Waals surface area contributed by atoms with Gasteiger partial charge in [0.15, 0.2) is 0 Å². The predicted molar refractivity (Wildman–Crippen MR) is 109 cm³/mol. The van der Waals surface area contributed by atoms with Gasteiger partial charge in [0.25, 0.3) is 0 Å². The number of H-pyrrole nitrogens is 1. The number of benzene rings is 2. The molecule has 0 aliphatic rings. The second-order valence-corrected chi connectivity index (χ2v) is 7.42. The molecule has 0 aliphatic heterocycles. The highest BCUT2D eigenvalue weighted by Gasteiger charge is 2.21. The Morgan fingerprint density at radius 2 is 1.93 bits per heavy atom. The Morgan fingerprint density at radius 1 is 1.15 bits per heavy atom. The summed E-state index contributed by atoms with van der Waals surface area (Å²) in [5, 5.41) is 13.1. The van der Waals surface area contributed by atoms with Crippen molar-refractivity contribution in [3.63, 3.8) is 0 Å². The van der Waals surface area contributed by atoms with Crippen LogP contribution in [0.25, 0.3) is 10.9 Å². The highest BCUT2D eigenvalue weighted by atomic mass is 79.9. The smallest absolute Gasteiger partial charge is 0.326 e. The molecule has 1 aromatic heterocycles. The molecule has 5 nitrogen and oxygen atoms in total. The minimum atomic E-state index is -1.03. The number of carboxylic acid groups (broad SMARTS) is 1. The zero-order valence-corrected chi connectivity index (χ0v) is 16.3. The van der Waals surface area contributed by atoms with Gasteiger partial charge in [-0.3, -0.25) is 4.79 Å². The lowest BCUT2D eigenvalue weighted by atomic mass is 10.0. The topological polar surface area (TPSA) is 82.2 Å². The maximum absolute atomic E-state index is 12.2. The molecule has 27 heavy (non-hydrogen) atoms. The molecule has 1 amide bonds. The van der Waals surface area contributed by atoms with Crippen LogP contribution in [0.4, 0.5) is 0 Å². The molecule has 6 heteroatoms. The summed E-state index contributed by atoms with van der Waals surface area (Å²) in [4.78, 5) is 27.0. The minimum absolute atomic E-state index is 0.232. The Hall–Kier alpha value is -2.60. The second-order valence-electron chi connectivity index (χ2n) is 6.51. The summed E-state index contributed by atoms with van der Waals surface area (Å²) in [5.74, 6) is -1.27. The van der Waals surface area contributed by atoms with Gasteiger partial charge in [-0.2, -0.15) is 0 Å². The molecule has 0 bridgehead atoms. The first-order valence-electron chi connectivity index (χ1n) is 8.84. The molecule has 2 aromatic carbocycles. The monoisotopic (exact) mass is 428 g/mol. The number of aromatic amines is 1. The van der Waals surface area contributed by atoms with Gasteiger partial charge in [0.05, 0.1) is 0 Å². The summed E-state index contributed by atoms with van der Waals surface area (Å²) in [5.41, 5.74) is 2.97. The highest BCUT2D eigenvalue weighted by molar-refractivity contribution is 9.10. The number of carbonyl (C=O) groups excluding carboxylic acids is 1. The largest absolute Gasteiger partial charge is 0.480 e. The first kappa shape index (κ1) is 19.2. The Kier molecular flexibility index (Phi) is 6.29. The van der Waals surface area contributed by atoms with Crippen LogP contribution in [-0.2, 0) is 22.4 Å². The Morgan fingerprint density at radius 3 is 2.67 bits per heavy atom. The van der Waals surface area contributed by atoms with Gasteiger partial charge in [0.1, 0.15) is 6.04 Å². The average Bonchev–Trinajstić information content (AvgIpc) is 3.04. The maximum Gasteiger partial charge on any atom is 0.326 e. The molecule has 3 rings (SSSR count). The molecule has 1 atom stereocenters. The van der Waals surface area contributed by atoms with Crippen molar-refractivity contribution < 1.29 is 14.7 Å². The first-order chi connectivity index (χ1) is 13.0. The van der Waals surface area contributed by atoms with E-state index in [9.17, 15) is 14.7 Å².